The Hall–Kier alpha value is -3.15. The van der Waals surface area contributed by atoms with Gasteiger partial charge < -0.3 is 15.1 Å². The number of nitrogens with zero attached hydrogens (tertiary/aromatic N) is 2. The Kier molecular flexibility index (Phi) is 5.54. The summed E-state index contributed by atoms with van der Waals surface area (Å²) in [7, 11) is 0. The number of amides is 3. The van der Waals surface area contributed by atoms with Gasteiger partial charge >= 0.3 is 11.8 Å². The number of benzene rings is 2. The zero-order valence-corrected chi connectivity index (χ0v) is 15.6. The summed E-state index contributed by atoms with van der Waals surface area (Å²) in [5, 5.41) is 2.79. The van der Waals surface area contributed by atoms with E-state index in [4.69, 9.17) is 0 Å². The summed E-state index contributed by atoms with van der Waals surface area (Å²) < 4.78 is 0. The first-order valence-corrected chi connectivity index (χ1v) is 8.93. The lowest BCUT2D eigenvalue weighted by Crippen LogP contribution is -2.55. The lowest BCUT2D eigenvalue weighted by molar-refractivity contribution is -0.157. The number of rotatable bonds is 5. The number of nitrogens with one attached hydrogen (secondary N) is 1. The molecule has 3 amide bonds. The summed E-state index contributed by atoms with van der Waals surface area (Å²) in [5.41, 5.74) is 3.75. The van der Waals surface area contributed by atoms with E-state index in [-0.39, 0.29) is 12.5 Å². The number of anilines is 1. The Morgan fingerprint density at radius 2 is 1.67 bits per heavy atom. The first-order chi connectivity index (χ1) is 12.9. The Labute approximate surface area is 158 Å². The molecule has 27 heavy (non-hydrogen) atoms. The number of para-hydroxylation sites is 1. The van der Waals surface area contributed by atoms with E-state index >= 15 is 0 Å². The van der Waals surface area contributed by atoms with Crippen molar-refractivity contribution < 1.29 is 14.4 Å². The van der Waals surface area contributed by atoms with Crippen molar-refractivity contribution in [2.75, 3.05) is 25.0 Å². The van der Waals surface area contributed by atoms with Crippen LogP contribution in [0.15, 0.2) is 48.5 Å². The maximum Gasteiger partial charge on any atom is 0.312 e. The first kappa shape index (κ1) is 18.6. The third kappa shape index (κ3) is 4.53. The second kappa shape index (κ2) is 8.03. The summed E-state index contributed by atoms with van der Waals surface area (Å²) in [6, 6.07) is 15.3. The molecular weight excluding hydrogens is 342 g/mol. The normalized spacial score (nSPS) is 14.4. The van der Waals surface area contributed by atoms with Crippen LogP contribution in [0.3, 0.4) is 0 Å². The van der Waals surface area contributed by atoms with Crippen molar-refractivity contribution in [3.63, 3.8) is 0 Å². The minimum absolute atomic E-state index is 0.128. The molecule has 2 aromatic carbocycles. The maximum absolute atomic E-state index is 12.4. The molecule has 1 saturated heterocycles. The fourth-order valence-corrected chi connectivity index (χ4v) is 3.12. The van der Waals surface area contributed by atoms with E-state index in [1.165, 1.54) is 9.80 Å². The molecule has 1 aliphatic heterocycles. The maximum atomic E-state index is 12.4. The molecule has 0 aromatic heterocycles. The molecule has 0 aliphatic carbocycles. The van der Waals surface area contributed by atoms with Crippen molar-refractivity contribution in [2.24, 2.45) is 0 Å². The molecule has 140 valence electrons. The molecule has 1 heterocycles. The van der Waals surface area contributed by atoms with Crippen molar-refractivity contribution in [1.29, 1.82) is 0 Å². The molecule has 6 heteroatoms. The van der Waals surface area contributed by atoms with Gasteiger partial charge in [0.05, 0.1) is 0 Å². The number of hydrogen-bond acceptors (Lipinski definition) is 3. The number of carbonyl (C=O) groups excluding carboxylic acids is 3. The van der Waals surface area contributed by atoms with Gasteiger partial charge in [-0.2, -0.15) is 0 Å². The zero-order chi connectivity index (χ0) is 19.4. The van der Waals surface area contributed by atoms with Gasteiger partial charge in [-0.25, -0.2) is 0 Å². The summed E-state index contributed by atoms with van der Waals surface area (Å²) in [6.45, 7) is 4.91. The van der Waals surface area contributed by atoms with Gasteiger partial charge in [-0.1, -0.05) is 48.0 Å². The van der Waals surface area contributed by atoms with Crippen molar-refractivity contribution in [3.8, 4) is 0 Å². The van der Waals surface area contributed by atoms with Crippen LogP contribution in [0.1, 0.15) is 16.7 Å². The van der Waals surface area contributed by atoms with Crippen LogP contribution >= 0.6 is 0 Å². The van der Waals surface area contributed by atoms with Crippen LogP contribution in [0, 0.1) is 13.8 Å². The zero-order valence-electron chi connectivity index (χ0n) is 15.6. The molecule has 0 radical (unpaired) electrons. The molecule has 0 unspecified atom stereocenters. The molecule has 1 aliphatic rings. The van der Waals surface area contributed by atoms with Crippen LogP contribution in [0.25, 0.3) is 0 Å². The molecule has 1 fully saturated rings. The molecule has 0 saturated carbocycles. The highest BCUT2D eigenvalue weighted by atomic mass is 16.2. The first-order valence-electron chi connectivity index (χ1n) is 8.93. The molecule has 6 nitrogen and oxygen atoms in total. The summed E-state index contributed by atoms with van der Waals surface area (Å²) in [6.07, 6.45) is 0. The van der Waals surface area contributed by atoms with E-state index in [0.717, 1.165) is 16.7 Å². The van der Waals surface area contributed by atoms with Gasteiger partial charge in [0.25, 0.3) is 0 Å². The van der Waals surface area contributed by atoms with Crippen LogP contribution in [0.5, 0.6) is 0 Å². The van der Waals surface area contributed by atoms with Crippen LogP contribution < -0.4 is 5.32 Å². The largest absolute Gasteiger partial charge is 0.328 e. The van der Waals surface area contributed by atoms with Crippen LogP contribution in [-0.4, -0.2) is 47.2 Å². The van der Waals surface area contributed by atoms with Gasteiger partial charge in [0.1, 0.15) is 6.54 Å². The minimum Gasteiger partial charge on any atom is -0.328 e. The van der Waals surface area contributed by atoms with Crippen LogP contribution in [0.2, 0.25) is 0 Å². The molecular formula is C21H23N3O3. The van der Waals surface area contributed by atoms with Gasteiger partial charge in [0.15, 0.2) is 0 Å². The highest BCUT2D eigenvalue weighted by molar-refractivity contribution is 6.35. The van der Waals surface area contributed by atoms with Crippen molar-refractivity contribution in [2.45, 2.75) is 20.4 Å². The van der Waals surface area contributed by atoms with Gasteiger partial charge in [-0.15, -0.1) is 0 Å². The number of carbonyl (C=O) groups is 3. The standard InChI is InChI=1S/C21H23N3O3/c1-15-6-5-8-17(12-15)13-23-10-11-24(21(27)20(23)26)14-19(25)22-18-9-4-3-7-16(18)2/h3-9,12H,10-11,13-14H2,1-2H3,(H,22,25). The summed E-state index contributed by atoms with van der Waals surface area (Å²) in [5.74, 6) is -1.50. The van der Waals surface area contributed by atoms with Crippen molar-refractivity contribution in [1.82, 2.24) is 9.80 Å². The molecule has 1 N–H and O–H groups in total. The quantitative estimate of drug-likeness (QED) is 0.825. The van der Waals surface area contributed by atoms with E-state index in [9.17, 15) is 14.4 Å². The smallest absolute Gasteiger partial charge is 0.312 e. The van der Waals surface area contributed by atoms with Crippen molar-refractivity contribution in [3.05, 3.63) is 65.2 Å². The molecule has 0 bridgehead atoms. The Morgan fingerprint density at radius 3 is 2.41 bits per heavy atom. The molecule has 3 rings (SSSR count). The average Bonchev–Trinajstić information content (AvgIpc) is 2.63. The second-order valence-electron chi connectivity index (χ2n) is 6.81. The summed E-state index contributed by atoms with van der Waals surface area (Å²) in [4.78, 5) is 39.9. The topological polar surface area (TPSA) is 69.7 Å². The molecule has 0 spiro atoms. The van der Waals surface area contributed by atoms with E-state index < -0.39 is 11.8 Å². The van der Waals surface area contributed by atoms with Gasteiger partial charge in [-0.05, 0) is 31.0 Å². The Morgan fingerprint density at radius 1 is 0.963 bits per heavy atom. The third-order valence-corrected chi connectivity index (χ3v) is 4.61. The van der Waals surface area contributed by atoms with Crippen LogP contribution in [-0.2, 0) is 20.9 Å². The third-order valence-electron chi connectivity index (χ3n) is 4.61. The second-order valence-corrected chi connectivity index (χ2v) is 6.81. The highest BCUT2D eigenvalue weighted by Gasteiger charge is 2.33. The highest BCUT2D eigenvalue weighted by Crippen LogP contribution is 2.15. The SMILES string of the molecule is Cc1cccc(CN2CCN(CC(=O)Nc3ccccc3C)C(=O)C2=O)c1. The average molecular weight is 365 g/mol. The predicted octanol–water partition coefficient (Wildman–Crippen LogP) is 2.11. The minimum atomic E-state index is -0.631. The van der Waals surface area contributed by atoms with Crippen molar-refractivity contribution >= 4 is 23.4 Å². The van der Waals surface area contributed by atoms with E-state index in [0.29, 0.717) is 25.3 Å². The predicted molar refractivity (Wildman–Crippen MR) is 103 cm³/mol. The number of hydrogen-bond donors (Lipinski definition) is 1. The molecule has 2 aromatic rings. The van der Waals surface area contributed by atoms with Gasteiger partial charge in [-0.3, -0.25) is 14.4 Å². The lowest BCUT2D eigenvalue weighted by Gasteiger charge is -2.33. The van der Waals surface area contributed by atoms with Crippen LogP contribution in [0.4, 0.5) is 5.69 Å². The van der Waals surface area contributed by atoms with Gasteiger partial charge in [0.2, 0.25) is 5.91 Å². The fraction of sp³-hybridized carbons (Fsp3) is 0.286. The van der Waals surface area contributed by atoms with E-state index in [1.54, 1.807) is 6.07 Å². The number of aryl methyl sites for hydroxylation is 2. The van der Waals surface area contributed by atoms with Gasteiger partial charge in [0, 0.05) is 25.3 Å². The molecule has 0 atom stereocenters. The Balaban J connectivity index is 1.58. The van der Waals surface area contributed by atoms with E-state index in [2.05, 4.69) is 5.32 Å². The fourth-order valence-electron chi connectivity index (χ4n) is 3.12. The summed E-state index contributed by atoms with van der Waals surface area (Å²) >= 11 is 0. The lowest BCUT2D eigenvalue weighted by atomic mass is 10.1. The number of piperazine rings is 1. The monoisotopic (exact) mass is 365 g/mol. The Bertz CT molecular complexity index is 878. The van der Waals surface area contributed by atoms with E-state index in [1.807, 2.05) is 56.3 Å².